The highest BCUT2D eigenvalue weighted by Crippen LogP contribution is 2.51. The monoisotopic (exact) mass is 692 g/mol. The second-order valence-corrected chi connectivity index (χ2v) is 14.3. The highest BCUT2D eigenvalue weighted by molar-refractivity contribution is 9.10. The number of halogens is 1. The molecule has 8 aromatic rings. The molecule has 0 spiro atoms. The van der Waals surface area contributed by atoms with Gasteiger partial charge in [-0.05, 0) is 93.4 Å². The van der Waals surface area contributed by atoms with E-state index in [2.05, 4.69) is 198 Å². The standard InChI is InChI=1S/C46H33BrN2/c1-46(2)41-17-9-8-16-37(41)38-25-24-35(28-42(38)46)49(45-18-10-14-30-13-6-7-15-36(30)45)34-22-19-32(20-23-34)44-29-39(31-11-4-3-5-12-31)40-27-33(47)21-26-43(40)48-44/h3-29H,1-2H3. The van der Waals surface area contributed by atoms with Crippen LogP contribution in [-0.2, 0) is 5.41 Å². The van der Waals surface area contributed by atoms with E-state index in [0.29, 0.717) is 0 Å². The number of hydrogen-bond donors (Lipinski definition) is 0. The Balaban J connectivity index is 1.19. The van der Waals surface area contributed by atoms with Gasteiger partial charge in [-0.1, -0.05) is 139 Å². The van der Waals surface area contributed by atoms with Crippen molar-refractivity contribution in [3.8, 4) is 33.5 Å². The molecule has 0 N–H and O–H groups in total. The summed E-state index contributed by atoms with van der Waals surface area (Å²) in [6.07, 6.45) is 0. The van der Waals surface area contributed by atoms with E-state index in [4.69, 9.17) is 4.98 Å². The van der Waals surface area contributed by atoms with Crippen molar-refractivity contribution in [1.29, 1.82) is 0 Å². The van der Waals surface area contributed by atoms with Gasteiger partial charge in [0.05, 0.1) is 16.9 Å². The maximum absolute atomic E-state index is 5.15. The number of anilines is 3. The minimum atomic E-state index is -0.0932. The Labute approximate surface area is 295 Å². The van der Waals surface area contributed by atoms with Crippen LogP contribution >= 0.6 is 15.9 Å². The summed E-state index contributed by atoms with van der Waals surface area (Å²) >= 11 is 3.68. The largest absolute Gasteiger partial charge is 0.310 e. The Hall–Kier alpha value is -5.51. The minimum Gasteiger partial charge on any atom is -0.310 e. The fourth-order valence-corrected chi connectivity index (χ4v) is 8.01. The van der Waals surface area contributed by atoms with Gasteiger partial charge in [0.2, 0.25) is 0 Å². The van der Waals surface area contributed by atoms with E-state index in [9.17, 15) is 0 Å². The Morgan fingerprint density at radius 2 is 1.22 bits per heavy atom. The second-order valence-electron chi connectivity index (χ2n) is 13.4. The molecule has 234 valence electrons. The molecule has 1 aliphatic carbocycles. The van der Waals surface area contributed by atoms with Gasteiger partial charge in [0.1, 0.15) is 0 Å². The lowest BCUT2D eigenvalue weighted by Gasteiger charge is -2.29. The molecule has 0 aliphatic heterocycles. The molecule has 1 aliphatic rings. The number of pyridine rings is 1. The van der Waals surface area contributed by atoms with E-state index in [-0.39, 0.29) is 5.41 Å². The van der Waals surface area contributed by atoms with Crippen molar-refractivity contribution in [3.63, 3.8) is 0 Å². The predicted molar refractivity (Wildman–Crippen MR) is 210 cm³/mol. The van der Waals surface area contributed by atoms with Gasteiger partial charge < -0.3 is 4.90 Å². The molecule has 0 saturated carbocycles. The topological polar surface area (TPSA) is 16.1 Å². The summed E-state index contributed by atoms with van der Waals surface area (Å²) in [7, 11) is 0. The number of rotatable bonds is 5. The highest BCUT2D eigenvalue weighted by atomic mass is 79.9. The van der Waals surface area contributed by atoms with Gasteiger partial charge in [-0.15, -0.1) is 0 Å². The molecular weight excluding hydrogens is 660 g/mol. The first-order valence-corrected chi connectivity index (χ1v) is 17.5. The van der Waals surface area contributed by atoms with E-state index in [1.807, 2.05) is 0 Å². The van der Waals surface area contributed by atoms with Crippen LogP contribution in [0.3, 0.4) is 0 Å². The summed E-state index contributed by atoms with van der Waals surface area (Å²) < 4.78 is 1.04. The SMILES string of the molecule is CC1(C)c2ccccc2-c2ccc(N(c3ccc(-c4cc(-c5ccccc5)c5cc(Br)ccc5n4)cc3)c3cccc4ccccc34)cc21. The fourth-order valence-electron chi connectivity index (χ4n) is 7.65. The Morgan fingerprint density at radius 1 is 0.510 bits per heavy atom. The van der Waals surface area contributed by atoms with Crippen molar-refractivity contribution in [2.45, 2.75) is 19.3 Å². The zero-order valence-corrected chi connectivity index (χ0v) is 28.9. The van der Waals surface area contributed by atoms with Crippen molar-refractivity contribution in [1.82, 2.24) is 4.98 Å². The fraction of sp³-hybridized carbons (Fsp3) is 0.0652. The molecule has 9 rings (SSSR count). The lowest BCUT2D eigenvalue weighted by molar-refractivity contribution is 0.660. The van der Waals surface area contributed by atoms with E-state index in [1.54, 1.807) is 0 Å². The molecule has 0 amide bonds. The molecule has 3 heteroatoms. The lowest BCUT2D eigenvalue weighted by atomic mass is 9.82. The number of benzene rings is 7. The Morgan fingerprint density at radius 3 is 2.08 bits per heavy atom. The summed E-state index contributed by atoms with van der Waals surface area (Å²) in [6, 6.07) is 59.1. The number of aromatic nitrogens is 1. The Bertz CT molecular complexity index is 2530. The van der Waals surface area contributed by atoms with Crippen molar-refractivity contribution in [3.05, 3.63) is 179 Å². The molecule has 49 heavy (non-hydrogen) atoms. The van der Waals surface area contributed by atoms with E-state index in [0.717, 1.165) is 43.7 Å². The average molecular weight is 694 g/mol. The van der Waals surface area contributed by atoms with Gasteiger partial charge in [0.25, 0.3) is 0 Å². The van der Waals surface area contributed by atoms with Crippen molar-refractivity contribution >= 4 is 54.7 Å². The van der Waals surface area contributed by atoms with Crippen LogP contribution in [0.4, 0.5) is 17.1 Å². The van der Waals surface area contributed by atoms with Gasteiger partial charge in [-0.2, -0.15) is 0 Å². The average Bonchev–Trinajstić information content (AvgIpc) is 3.37. The molecule has 7 aromatic carbocycles. The normalized spacial score (nSPS) is 13.0. The van der Waals surface area contributed by atoms with Crippen LogP contribution in [-0.4, -0.2) is 4.98 Å². The van der Waals surface area contributed by atoms with Crippen LogP contribution in [0.25, 0.3) is 55.2 Å². The van der Waals surface area contributed by atoms with Crippen molar-refractivity contribution in [2.75, 3.05) is 4.90 Å². The van der Waals surface area contributed by atoms with Crippen LogP contribution in [0.1, 0.15) is 25.0 Å². The van der Waals surface area contributed by atoms with Crippen LogP contribution in [0.2, 0.25) is 0 Å². The molecule has 0 saturated heterocycles. The molecule has 2 nitrogen and oxygen atoms in total. The first-order chi connectivity index (χ1) is 24.0. The van der Waals surface area contributed by atoms with Crippen molar-refractivity contribution in [2.24, 2.45) is 0 Å². The molecule has 1 aromatic heterocycles. The third-order valence-corrected chi connectivity index (χ3v) is 10.6. The minimum absolute atomic E-state index is 0.0932. The molecule has 0 radical (unpaired) electrons. The van der Waals surface area contributed by atoms with Crippen LogP contribution in [0, 0.1) is 0 Å². The second kappa shape index (κ2) is 11.6. The summed E-state index contributed by atoms with van der Waals surface area (Å²) in [4.78, 5) is 7.55. The summed E-state index contributed by atoms with van der Waals surface area (Å²) in [5, 5.41) is 3.56. The number of hydrogen-bond acceptors (Lipinski definition) is 2. The molecule has 0 fully saturated rings. The molecular formula is C46H33BrN2. The van der Waals surface area contributed by atoms with E-state index >= 15 is 0 Å². The van der Waals surface area contributed by atoms with E-state index < -0.39 is 0 Å². The van der Waals surface area contributed by atoms with Crippen molar-refractivity contribution < 1.29 is 0 Å². The lowest BCUT2D eigenvalue weighted by Crippen LogP contribution is -2.16. The van der Waals surface area contributed by atoms with E-state index in [1.165, 1.54) is 44.2 Å². The van der Waals surface area contributed by atoms with Gasteiger partial charge in [0.15, 0.2) is 0 Å². The summed E-state index contributed by atoms with van der Waals surface area (Å²) in [5.74, 6) is 0. The van der Waals surface area contributed by atoms with Gasteiger partial charge >= 0.3 is 0 Å². The van der Waals surface area contributed by atoms with Crippen LogP contribution in [0.15, 0.2) is 168 Å². The number of fused-ring (bicyclic) bond motifs is 5. The quantitative estimate of drug-likeness (QED) is 0.178. The van der Waals surface area contributed by atoms with Gasteiger partial charge in [-0.25, -0.2) is 4.98 Å². The third-order valence-electron chi connectivity index (χ3n) is 10.1. The maximum atomic E-state index is 5.15. The number of nitrogens with zero attached hydrogens (tertiary/aromatic N) is 2. The molecule has 1 heterocycles. The first-order valence-electron chi connectivity index (χ1n) is 16.7. The Kier molecular flexibility index (Phi) is 7.00. The predicted octanol–water partition coefficient (Wildman–Crippen LogP) is 13.3. The van der Waals surface area contributed by atoms with Crippen LogP contribution < -0.4 is 4.90 Å². The zero-order chi connectivity index (χ0) is 33.1. The molecule has 0 bridgehead atoms. The zero-order valence-electron chi connectivity index (χ0n) is 27.4. The maximum Gasteiger partial charge on any atom is 0.0716 e. The smallest absolute Gasteiger partial charge is 0.0716 e. The summed E-state index contributed by atoms with van der Waals surface area (Å²) in [6.45, 7) is 4.69. The molecule has 0 unspecified atom stereocenters. The molecule has 0 atom stereocenters. The van der Waals surface area contributed by atoms with Gasteiger partial charge in [-0.3, -0.25) is 0 Å². The summed E-state index contributed by atoms with van der Waals surface area (Å²) in [5.41, 5.74) is 14.0. The third kappa shape index (κ3) is 4.96. The van der Waals surface area contributed by atoms with Crippen LogP contribution in [0.5, 0.6) is 0 Å². The van der Waals surface area contributed by atoms with Gasteiger partial charge in [0, 0.05) is 37.6 Å². The first kappa shape index (κ1) is 29.6. The highest BCUT2D eigenvalue weighted by Gasteiger charge is 2.35.